The van der Waals surface area contributed by atoms with E-state index < -0.39 is 0 Å². The second-order valence-electron chi connectivity index (χ2n) is 3.44. The van der Waals surface area contributed by atoms with Gasteiger partial charge in [-0.3, -0.25) is 4.79 Å². The summed E-state index contributed by atoms with van der Waals surface area (Å²) in [5, 5.41) is 8.95. The normalized spacial score (nSPS) is 26.0. The van der Waals surface area contributed by atoms with E-state index in [4.69, 9.17) is 5.11 Å². The molecule has 2 heteroatoms. The van der Waals surface area contributed by atoms with E-state index in [9.17, 15) is 4.79 Å². The SMILES string of the molecule is C=C(C)[C@@H]1CC=C(C)C(=O)/C1=C\O. The molecule has 1 atom stereocenters. The van der Waals surface area contributed by atoms with Crippen LogP contribution in [0.4, 0.5) is 0 Å². The fourth-order valence-electron chi connectivity index (χ4n) is 1.52. The zero-order valence-corrected chi connectivity index (χ0v) is 8.00. The van der Waals surface area contributed by atoms with Crippen molar-refractivity contribution in [1.82, 2.24) is 0 Å². The van der Waals surface area contributed by atoms with E-state index in [0.29, 0.717) is 11.1 Å². The molecule has 0 aromatic carbocycles. The average Bonchev–Trinajstić information content (AvgIpc) is 2.09. The minimum absolute atomic E-state index is 0.0128. The number of hydrogen-bond acceptors (Lipinski definition) is 2. The molecule has 0 aromatic heterocycles. The van der Waals surface area contributed by atoms with Crippen LogP contribution in [0.15, 0.2) is 35.6 Å². The van der Waals surface area contributed by atoms with Gasteiger partial charge in [0, 0.05) is 11.5 Å². The van der Waals surface area contributed by atoms with Gasteiger partial charge >= 0.3 is 0 Å². The van der Waals surface area contributed by atoms with Crippen molar-refractivity contribution in [3.8, 4) is 0 Å². The minimum atomic E-state index is -0.0678. The Morgan fingerprint density at radius 1 is 1.77 bits per heavy atom. The predicted octanol–water partition coefficient (Wildman–Crippen LogP) is 2.54. The fraction of sp³-hybridized carbons (Fsp3) is 0.364. The first-order chi connectivity index (χ1) is 6.07. The lowest BCUT2D eigenvalue weighted by molar-refractivity contribution is -0.113. The molecule has 0 unspecified atom stereocenters. The molecule has 1 aliphatic rings. The molecule has 0 fully saturated rings. The molecule has 0 aromatic rings. The van der Waals surface area contributed by atoms with E-state index in [2.05, 4.69) is 6.58 Å². The Balaban J connectivity index is 3.06. The Kier molecular flexibility index (Phi) is 2.71. The number of carbonyl (C=O) groups excluding carboxylic acids is 1. The first kappa shape index (κ1) is 9.78. The van der Waals surface area contributed by atoms with Crippen LogP contribution >= 0.6 is 0 Å². The van der Waals surface area contributed by atoms with E-state index in [1.165, 1.54) is 0 Å². The van der Waals surface area contributed by atoms with Crippen LogP contribution < -0.4 is 0 Å². The Labute approximate surface area is 78.3 Å². The lowest BCUT2D eigenvalue weighted by Gasteiger charge is -2.22. The summed E-state index contributed by atoms with van der Waals surface area (Å²) in [7, 11) is 0. The summed E-state index contributed by atoms with van der Waals surface area (Å²) >= 11 is 0. The molecule has 1 N–H and O–H groups in total. The molecule has 0 saturated heterocycles. The third kappa shape index (κ3) is 1.72. The number of aliphatic hydroxyl groups excluding tert-OH is 1. The summed E-state index contributed by atoms with van der Waals surface area (Å²) in [5.41, 5.74) is 2.09. The molecular formula is C11H14O2. The quantitative estimate of drug-likeness (QED) is 0.380. The number of hydrogen-bond donors (Lipinski definition) is 1. The number of aliphatic hydroxyl groups is 1. The van der Waals surface area contributed by atoms with Gasteiger partial charge in [-0.15, -0.1) is 0 Å². The smallest absolute Gasteiger partial charge is 0.188 e. The van der Waals surface area contributed by atoms with Crippen LogP contribution in [0.1, 0.15) is 20.3 Å². The van der Waals surface area contributed by atoms with Crippen molar-refractivity contribution in [2.45, 2.75) is 20.3 Å². The van der Waals surface area contributed by atoms with Gasteiger partial charge in [0.1, 0.15) is 0 Å². The Morgan fingerprint density at radius 2 is 2.38 bits per heavy atom. The summed E-state index contributed by atoms with van der Waals surface area (Å²) < 4.78 is 0. The second-order valence-corrected chi connectivity index (χ2v) is 3.44. The van der Waals surface area contributed by atoms with E-state index in [0.717, 1.165) is 18.3 Å². The standard InChI is InChI=1S/C11H14O2/c1-7(2)9-5-4-8(3)11(13)10(9)6-12/h4,6,9,12H,1,5H2,2-3H3/b10-6-/t9-/m0/s1. The first-order valence-electron chi connectivity index (χ1n) is 4.29. The van der Waals surface area contributed by atoms with Crippen LogP contribution in [0.2, 0.25) is 0 Å². The summed E-state index contributed by atoms with van der Waals surface area (Å²) in [5.74, 6) is -0.0806. The summed E-state index contributed by atoms with van der Waals surface area (Å²) in [6.45, 7) is 7.44. The zero-order valence-electron chi connectivity index (χ0n) is 8.00. The Morgan fingerprint density at radius 3 is 2.85 bits per heavy atom. The molecule has 2 nitrogen and oxygen atoms in total. The van der Waals surface area contributed by atoms with Crippen molar-refractivity contribution >= 4 is 5.78 Å². The van der Waals surface area contributed by atoms with Crippen LogP contribution in [0.5, 0.6) is 0 Å². The highest BCUT2D eigenvalue weighted by Gasteiger charge is 2.25. The van der Waals surface area contributed by atoms with Gasteiger partial charge in [-0.05, 0) is 25.8 Å². The van der Waals surface area contributed by atoms with Crippen molar-refractivity contribution in [2.24, 2.45) is 5.92 Å². The van der Waals surface area contributed by atoms with E-state index in [-0.39, 0.29) is 11.7 Å². The lowest BCUT2D eigenvalue weighted by atomic mass is 9.81. The van der Waals surface area contributed by atoms with Crippen LogP contribution in [-0.4, -0.2) is 10.9 Å². The fourth-order valence-corrected chi connectivity index (χ4v) is 1.52. The van der Waals surface area contributed by atoms with Crippen LogP contribution in [-0.2, 0) is 4.79 Å². The maximum absolute atomic E-state index is 11.5. The van der Waals surface area contributed by atoms with Crippen molar-refractivity contribution in [1.29, 1.82) is 0 Å². The largest absolute Gasteiger partial charge is 0.515 e. The molecule has 0 spiro atoms. The summed E-state index contributed by atoms with van der Waals surface area (Å²) in [6.07, 6.45) is 3.58. The zero-order chi connectivity index (χ0) is 10.0. The maximum Gasteiger partial charge on any atom is 0.188 e. The number of rotatable bonds is 1. The van der Waals surface area contributed by atoms with Gasteiger partial charge in [-0.2, -0.15) is 0 Å². The Bertz CT molecular complexity index is 308. The molecule has 0 aliphatic heterocycles. The van der Waals surface area contributed by atoms with Gasteiger partial charge in [0.25, 0.3) is 0 Å². The molecule has 0 bridgehead atoms. The highest BCUT2D eigenvalue weighted by atomic mass is 16.2. The van der Waals surface area contributed by atoms with Crippen LogP contribution in [0.3, 0.4) is 0 Å². The highest BCUT2D eigenvalue weighted by molar-refractivity contribution is 6.09. The van der Waals surface area contributed by atoms with Gasteiger partial charge in [-0.1, -0.05) is 18.2 Å². The van der Waals surface area contributed by atoms with Gasteiger partial charge in [0.15, 0.2) is 5.78 Å². The minimum Gasteiger partial charge on any atom is -0.515 e. The molecule has 0 amide bonds. The number of carbonyl (C=O) groups is 1. The van der Waals surface area contributed by atoms with Crippen molar-refractivity contribution < 1.29 is 9.90 Å². The molecule has 0 radical (unpaired) electrons. The third-order valence-corrected chi connectivity index (χ3v) is 2.39. The molecule has 70 valence electrons. The summed E-state index contributed by atoms with van der Waals surface area (Å²) in [6, 6.07) is 0. The lowest BCUT2D eigenvalue weighted by Crippen LogP contribution is -2.19. The molecule has 1 aliphatic carbocycles. The van der Waals surface area contributed by atoms with Crippen molar-refractivity contribution in [3.63, 3.8) is 0 Å². The summed E-state index contributed by atoms with van der Waals surface area (Å²) in [4.78, 5) is 11.5. The van der Waals surface area contributed by atoms with Crippen molar-refractivity contribution in [3.05, 3.63) is 35.6 Å². The monoisotopic (exact) mass is 178 g/mol. The topological polar surface area (TPSA) is 37.3 Å². The molecular weight excluding hydrogens is 164 g/mol. The maximum atomic E-state index is 11.5. The Hall–Kier alpha value is -1.31. The van der Waals surface area contributed by atoms with Crippen LogP contribution in [0, 0.1) is 5.92 Å². The van der Waals surface area contributed by atoms with Gasteiger partial charge in [0.05, 0.1) is 6.26 Å². The van der Waals surface area contributed by atoms with Gasteiger partial charge in [0.2, 0.25) is 0 Å². The van der Waals surface area contributed by atoms with E-state index in [1.54, 1.807) is 6.92 Å². The molecule has 1 rings (SSSR count). The predicted molar refractivity (Wildman–Crippen MR) is 52.4 cm³/mol. The first-order valence-corrected chi connectivity index (χ1v) is 4.29. The van der Waals surface area contributed by atoms with Crippen molar-refractivity contribution in [2.75, 3.05) is 0 Å². The molecule has 0 saturated carbocycles. The number of allylic oxidation sites excluding steroid dienone is 4. The van der Waals surface area contributed by atoms with Gasteiger partial charge in [-0.25, -0.2) is 0 Å². The third-order valence-electron chi connectivity index (χ3n) is 2.39. The van der Waals surface area contributed by atoms with Crippen LogP contribution in [0.25, 0.3) is 0 Å². The van der Waals surface area contributed by atoms with E-state index in [1.807, 2.05) is 13.0 Å². The number of Topliss-reactive ketones (excluding diaryl/α,β-unsaturated/α-hetero) is 1. The number of ketones is 1. The molecule has 13 heavy (non-hydrogen) atoms. The average molecular weight is 178 g/mol. The highest BCUT2D eigenvalue weighted by Crippen LogP contribution is 2.30. The second kappa shape index (κ2) is 3.60. The van der Waals surface area contributed by atoms with E-state index >= 15 is 0 Å². The van der Waals surface area contributed by atoms with Gasteiger partial charge < -0.3 is 5.11 Å². The molecule has 0 heterocycles.